The number of aromatic nitrogens is 2. The number of carbonyl (C=O) groups is 1. The van der Waals surface area contributed by atoms with E-state index in [0.717, 1.165) is 10.7 Å². The molecule has 20 heavy (non-hydrogen) atoms. The van der Waals surface area contributed by atoms with Gasteiger partial charge in [-0.05, 0) is 13.3 Å². The maximum absolute atomic E-state index is 13.4. The molecular weight excluding hydrogens is 269 g/mol. The summed E-state index contributed by atoms with van der Waals surface area (Å²) < 4.78 is 19.3. The van der Waals surface area contributed by atoms with Crippen molar-refractivity contribution in [1.29, 1.82) is 0 Å². The molecule has 1 heterocycles. The smallest absolute Gasteiger partial charge is 0.309 e. The van der Waals surface area contributed by atoms with Gasteiger partial charge in [0.25, 0.3) is 0 Å². The van der Waals surface area contributed by atoms with Gasteiger partial charge in [-0.2, -0.15) is 9.49 Å². The molecule has 0 N–H and O–H groups in total. The highest BCUT2D eigenvalue weighted by molar-refractivity contribution is 5.73. The molecule has 0 aliphatic carbocycles. The number of esters is 1. The van der Waals surface area contributed by atoms with Crippen molar-refractivity contribution in [3.8, 4) is 0 Å². The van der Waals surface area contributed by atoms with Crippen LogP contribution in [0.15, 0.2) is 6.07 Å². The first-order valence-corrected chi connectivity index (χ1v) is 6.38. The summed E-state index contributed by atoms with van der Waals surface area (Å²) in [6.45, 7) is 3.09. The summed E-state index contributed by atoms with van der Waals surface area (Å²) in [4.78, 5) is 22.2. The third-order valence-corrected chi connectivity index (χ3v) is 3.08. The zero-order valence-corrected chi connectivity index (χ0v) is 11.7. The summed E-state index contributed by atoms with van der Waals surface area (Å²) in [5, 5.41) is 14.7. The monoisotopic (exact) mass is 287 g/mol. The lowest BCUT2D eigenvalue weighted by Crippen LogP contribution is -2.29. The lowest BCUT2D eigenvalue weighted by molar-refractivity contribution is -0.484. The first-order valence-electron chi connectivity index (χ1n) is 6.38. The van der Waals surface area contributed by atoms with Gasteiger partial charge in [-0.25, -0.2) is 4.68 Å². The van der Waals surface area contributed by atoms with E-state index < -0.39 is 35.2 Å². The van der Waals surface area contributed by atoms with E-state index in [1.807, 2.05) is 0 Å². The fourth-order valence-corrected chi connectivity index (χ4v) is 2.10. The quantitative estimate of drug-likeness (QED) is 0.431. The molecule has 8 heteroatoms. The summed E-state index contributed by atoms with van der Waals surface area (Å²) in [7, 11) is 1.40. The van der Waals surface area contributed by atoms with Crippen LogP contribution in [-0.2, 0) is 16.6 Å². The Kier molecular flexibility index (Phi) is 5.60. The predicted octanol–water partition coefficient (Wildman–Crippen LogP) is 1.51. The van der Waals surface area contributed by atoms with Crippen LogP contribution in [0.3, 0.4) is 0 Å². The predicted molar refractivity (Wildman–Crippen MR) is 68.2 cm³/mol. The highest BCUT2D eigenvalue weighted by Gasteiger charge is 2.35. The molecule has 1 aromatic heterocycles. The van der Waals surface area contributed by atoms with Gasteiger partial charge in [0.1, 0.15) is 0 Å². The van der Waals surface area contributed by atoms with Crippen LogP contribution in [0.25, 0.3) is 0 Å². The molecule has 0 radical (unpaired) electrons. The molecule has 0 aliphatic rings. The Hall–Kier alpha value is -1.99. The summed E-state index contributed by atoms with van der Waals surface area (Å²) in [5.41, 5.74) is 0.196. The van der Waals surface area contributed by atoms with E-state index in [1.54, 1.807) is 13.8 Å². The summed E-state index contributed by atoms with van der Waals surface area (Å²) in [6, 6.07) is 1.12. The Morgan fingerprint density at radius 2 is 2.25 bits per heavy atom. The van der Waals surface area contributed by atoms with E-state index in [0.29, 0.717) is 6.42 Å². The Balaban J connectivity index is 3.09. The standard InChI is InChI=1S/C12H18FN3O4/c1-4-8(12(17)20-5-2)9(7-16(18)19)10-6-11(13)15(3)14-10/h6,8-9H,4-5,7H2,1-3H3/t8?,9-/m0/s1. The zero-order chi connectivity index (χ0) is 15.3. The van der Waals surface area contributed by atoms with Crippen molar-refractivity contribution in [2.24, 2.45) is 13.0 Å². The number of hydrogen-bond acceptors (Lipinski definition) is 5. The topological polar surface area (TPSA) is 87.3 Å². The SMILES string of the molecule is CCOC(=O)C(CC)[C@H](C[N+](=O)[O-])c1cc(F)n(C)n1. The summed E-state index contributed by atoms with van der Waals surface area (Å²) in [5.74, 6) is -2.64. The normalized spacial score (nSPS) is 13.8. The van der Waals surface area contributed by atoms with Crippen LogP contribution < -0.4 is 0 Å². The molecule has 0 amide bonds. The van der Waals surface area contributed by atoms with E-state index in [9.17, 15) is 19.3 Å². The molecule has 1 rings (SSSR count). The molecular formula is C12H18FN3O4. The molecule has 112 valence electrons. The first-order chi connectivity index (χ1) is 9.40. The molecule has 1 unspecified atom stereocenters. The molecule has 0 saturated heterocycles. The number of aryl methyl sites for hydroxylation is 1. The molecule has 2 atom stereocenters. The third-order valence-electron chi connectivity index (χ3n) is 3.08. The molecule has 0 saturated carbocycles. The van der Waals surface area contributed by atoms with Crippen LogP contribution in [0, 0.1) is 22.0 Å². The lowest BCUT2D eigenvalue weighted by Gasteiger charge is -2.19. The fourth-order valence-electron chi connectivity index (χ4n) is 2.10. The number of ether oxygens (including phenoxy) is 1. The van der Waals surface area contributed by atoms with E-state index in [1.165, 1.54) is 7.05 Å². The largest absolute Gasteiger partial charge is 0.466 e. The van der Waals surface area contributed by atoms with Crippen molar-refractivity contribution in [2.75, 3.05) is 13.2 Å². The molecule has 0 spiro atoms. The average Bonchev–Trinajstić information content (AvgIpc) is 2.69. The second-order valence-corrected chi connectivity index (χ2v) is 4.40. The van der Waals surface area contributed by atoms with Gasteiger partial charge in [-0.3, -0.25) is 14.9 Å². The zero-order valence-electron chi connectivity index (χ0n) is 11.7. The van der Waals surface area contributed by atoms with Crippen molar-refractivity contribution < 1.29 is 18.8 Å². The van der Waals surface area contributed by atoms with Crippen LogP contribution in [0.5, 0.6) is 0 Å². The number of halogens is 1. The minimum Gasteiger partial charge on any atom is -0.466 e. The van der Waals surface area contributed by atoms with E-state index >= 15 is 0 Å². The lowest BCUT2D eigenvalue weighted by atomic mass is 9.87. The Labute approximate surface area is 115 Å². The number of hydrogen-bond donors (Lipinski definition) is 0. The van der Waals surface area contributed by atoms with Crippen molar-refractivity contribution in [2.45, 2.75) is 26.2 Å². The van der Waals surface area contributed by atoms with Gasteiger partial charge in [-0.15, -0.1) is 0 Å². The van der Waals surface area contributed by atoms with Crippen molar-refractivity contribution in [3.05, 3.63) is 27.8 Å². The van der Waals surface area contributed by atoms with Crippen molar-refractivity contribution >= 4 is 5.97 Å². The second kappa shape index (κ2) is 6.97. The average molecular weight is 287 g/mol. The number of nitro groups is 1. The van der Waals surface area contributed by atoms with Gasteiger partial charge in [0.2, 0.25) is 12.5 Å². The van der Waals surface area contributed by atoms with E-state index in [2.05, 4.69) is 5.10 Å². The summed E-state index contributed by atoms with van der Waals surface area (Å²) >= 11 is 0. The van der Waals surface area contributed by atoms with Gasteiger partial charge in [0.05, 0.1) is 24.1 Å². The number of carbonyl (C=O) groups excluding carboxylic acids is 1. The number of rotatable bonds is 7. The Morgan fingerprint density at radius 3 is 2.65 bits per heavy atom. The maximum atomic E-state index is 13.4. The van der Waals surface area contributed by atoms with E-state index in [4.69, 9.17) is 4.74 Å². The number of nitrogens with zero attached hydrogens (tertiary/aromatic N) is 3. The van der Waals surface area contributed by atoms with Gasteiger partial charge in [0.15, 0.2) is 0 Å². The molecule has 0 bridgehead atoms. The molecule has 0 aliphatic heterocycles. The molecule has 0 fully saturated rings. The molecule has 0 aromatic carbocycles. The Morgan fingerprint density at radius 1 is 1.60 bits per heavy atom. The minimum atomic E-state index is -0.801. The molecule has 7 nitrogen and oxygen atoms in total. The fraction of sp³-hybridized carbons (Fsp3) is 0.667. The van der Waals surface area contributed by atoms with Crippen molar-refractivity contribution in [1.82, 2.24) is 9.78 Å². The minimum absolute atomic E-state index is 0.192. The highest BCUT2D eigenvalue weighted by Crippen LogP contribution is 2.28. The Bertz CT molecular complexity index is 470. The van der Waals surface area contributed by atoms with Gasteiger partial charge >= 0.3 is 5.97 Å². The van der Waals surface area contributed by atoms with Crippen LogP contribution in [0.4, 0.5) is 4.39 Å². The van der Waals surface area contributed by atoms with Crippen LogP contribution in [-0.4, -0.2) is 33.8 Å². The third kappa shape index (κ3) is 3.75. The van der Waals surface area contributed by atoms with Crippen LogP contribution >= 0.6 is 0 Å². The molecule has 1 aromatic rings. The maximum Gasteiger partial charge on any atom is 0.309 e. The van der Waals surface area contributed by atoms with Gasteiger partial charge in [-0.1, -0.05) is 6.92 Å². The van der Waals surface area contributed by atoms with Crippen LogP contribution in [0.1, 0.15) is 31.9 Å². The van der Waals surface area contributed by atoms with E-state index in [-0.39, 0.29) is 12.3 Å². The first kappa shape index (κ1) is 16.1. The second-order valence-electron chi connectivity index (χ2n) is 4.40. The van der Waals surface area contributed by atoms with Crippen LogP contribution in [0.2, 0.25) is 0 Å². The summed E-state index contributed by atoms with van der Waals surface area (Å²) in [6.07, 6.45) is 0.357. The van der Waals surface area contributed by atoms with Gasteiger partial charge < -0.3 is 4.74 Å². The van der Waals surface area contributed by atoms with Gasteiger partial charge in [0, 0.05) is 18.0 Å². The highest BCUT2D eigenvalue weighted by atomic mass is 19.1. The van der Waals surface area contributed by atoms with Crippen molar-refractivity contribution in [3.63, 3.8) is 0 Å².